The molecule has 122 valence electrons. The lowest BCUT2D eigenvalue weighted by Gasteiger charge is -2.11. The molecule has 2 aromatic carbocycles. The molecular formula is C16H17NO6. The molecule has 0 heterocycles. The van der Waals surface area contributed by atoms with Crippen LogP contribution in [-0.2, 0) is 6.61 Å². The van der Waals surface area contributed by atoms with Crippen LogP contribution in [0.1, 0.15) is 5.56 Å². The van der Waals surface area contributed by atoms with E-state index < -0.39 is 4.92 Å². The molecule has 2 aromatic rings. The van der Waals surface area contributed by atoms with Crippen LogP contribution in [0.15, 0.2) is 36.4 Å². The average molecular weight is 319 g/mol. The van der Waals surface area contributed by atoms with Gasteiger partial charge >= 0.3 is 5.69 Å². The van der Waals surface area contributed by atoms with Crippen LogP contribution in [0.2, 0.25) is 0 Å². The van der Waals surface area contributed by atoms with Gasteiger partial charge in [0, 0.05) is 0 Å². The summed E-state index contributed by atoms with van der Waals surface area (Å²) in [6.07, 6.45) is 0. The topological polar surface area (TPSA) is 80.1 Å². The Bertz CT molecular complexity index is 701. The molecule has 0 atom stereocenters. The second-order valence-electron chi connectivity index (χ2n) is 4.54. The first-order valence-corrected chi connectivity index (χ1v) is 6.75. The molecule has 0 N–H and O–H groups in total. The molecule has 0 spiro atoms. The lowest BCUT2D eigenvalue weighted by atomic mass is 10.2. The van der Waals surface area contributed by atoms with E-state index in [9.17, 15) is 10.1 Å². The highest BCUT2D eigenvalue weighted by Crippen LogP contribution is 2.37. The third kappa shape index (κ3) is 3.63. The van der Waals surface area contributed by atoms with Crippen LogP contribution in [-0.4, -0.2) is 26.3 Å². The van der Waals surface area contributed by atoms with E-state index in [0.717, 1.165) is 5.56 Å². The van der Waals surface area contributed by atoms with E-state index in [0.29, 0.717) is 11.5 Å². The monoisotopic (exact) mass is 319 g/mol. The van der Waals surface area contributed by atoms with Gasteiger partial charge in [0.1, 0.15) is 6.61 Å². The Morgan fingerprint density at radius 2 is 1.57 bits per heavy atom. The fourth-order valence-corrected chi connectivity index (χ4v) is 2.09. The maximum Gasteiger partial charge on any atom is 0.352 e. The minimum Gasteiger partial charge on any atom is -0.493 e. The van der Waals surface area contributed by atoms with Crippen molar-refractivity contribution >= 4 is 5.69 Å². The van der Waals surface area contributed by atoms with Crippen LogP contribution in [0.4, 0.5) is 5.69 Å². The number of methoxy groups -OCH3 is 3. The van der Waals surface area contributed by atoms with Gasteiger partial charge in [0.25, 0.3) is 0 Å². The minimum absolute atomic E-state index is 0.143. The van der Waals surface area contributed by atoms with Gasteiger partial charge in [-0.2, -0.15) is 0 Å². The predicted molar refractivity (Wildman–Crippen MR) is 83.5 cm³/mol. The molecule has 0 aliphatic heterocycles. The van der Waals surface area contributed by atoms with Gasteiger partial charge in [-0.25, -0.2) is 0 Å². The second kappa shape index (κ2) is 7.35. The van der Waals surface area contributed by atoms with Crippen LogP contribution in [0.25, 0.3) is 0 Å². The summed E-state index contributed by atoms with van der Waals surface area (Å²) in [5.41, 5.74) is 0.593. The van der Waals surface area contributed by atoms with Gasteiger partial charge in [-0.15, -0.1) is 0 Å². The number of hydrogen-bond acceptors (Lipinski definition) is 6. The van der Waals surface area contributed by atoms with Crippen LogP contribution < -0.4 is 18.9 Å². The number of nitro benzene ring substituents is 1. The molecule has 0 aliphatic carbocycles. The van der Waals surface area contributed by atoms with Gasteiger partial charge in [-0.05, 0) is 29.8 Å². The minimum atomic E-state index is -0.525. The van der Waals surface area contributed by atoms with Gasteiger partial charge < -0.3 is 18.9 Å². The summed E-state index contributed by atoms with van der Waals surface area (Å²) < 4.78 is 21.0. The van der Waals surface area contributed by atoms with Crippen molar-refractivity contribution < 1.29 is 23.9 Å². The van der Waals surface area contributed by atoms with Gasteiger partial charge in [0.15, 0.2) is 11.5 Å². The molecular weight excluding hydrogens is 302 g/mol. The Balaban J connectivity index is 2.23. The van der Waals surface area contributed by atoms with Crippen molar-refractivity contribution in [3.05, 3.63) is 52.1 Å². The fourth-order valence-electron chi connectivity index (χ4n) is 2.09. The molecule has 0 radical (unpaired) electrons. The molecule has 0 bridgehead atoms. The van der Waals surface area contributed by atoms with E-state index in [4.69, 9.17) is 18.9 Å². The summed E-state index contributed by atoms with van der Waals surface area (Å²) in [7, 11) is 4.46. The normalized spacial score (nSPS) is 10.0. The average Bonchev–Trinajstić information content (AvgIpc) is 2.58. The predicted octanol–water partition coefficient (Wildman–Crippen LogP) is 3.20. The number of nitro groups is 1. The molecule has 0 amide bonds. The molecule has 7 nitrogen and oxygen atoms in total. The molecule has 0 unspecified atom stereocenters. The summed E-state index contributed by atoms with van der Waals surface area (Å²) in [6.45, 7) is 0.147. The van der Waals surface area contributed by atoms with E-state index in [1.807, 2.05) is 0 Å². The van der Waals surface area contributed by atoms with Crippen LogP contribution in [0, 0.1) is 10.1 Å². The lowest BCUT2D eigenvalue weighted by molar-refractivity contribution is -0.386. The molecule has 0 fully saturated rings. The zero-order valence-electron chi connectivity index (χ0n) is 13.1. The Morgan fingerprint density at radius 3 is 2.17 bits per heavy atom. The lowest BCUT2D eigenvalue weighted by Crippen LogP contribution is -2.01. The number of ether oxygens (including phenoxy) is 4. The molecule has 0 saturated carbocycles. The molecule has 23 heavy (non-hydrogen) atoms. The van der Waals surface area contributed by atoms with Gasteiger partial charge in [-0.1, -0.05) is 12.1 Å². The summed E-state index contributed by atoms with van der Waals surface area (Å²) in [5.74, 6) is 1.46. The highest BCUT2D eigenvalue weighted by atomic mass is 16.6. The SMILES string of the molecule is COc1ccc(COc2cccc(OC)c2[N+](=O)[O-])cc1OC. The van der Waals surface area contributed by atoms with Crippen molar-refractivity contribution in [1.29, 1.82) is 0 Å². The van der Waals surface area contributed by atoms with Gasteiger partial charge in [-0.3, -0.25) is 10.1 Å². The maximum atomic E-state index is 11.2. The van der Waals surface area contributed by atoms with Crippen molar-refractivity contribution in [2.24, 2.45) is 0 Å². The number of para-hydroxylation sites is 1. The Kier molecular flexibility index (Phi) is 5.24. The van der Waals surface area contributed by atoms with Crippen molar-refractivity contribution in [3.8, 4) is 23.0 Å². The number of rotatable bonds is 7. The van der Waals surface area contributed by atoms with Gasteiger partial charge in [0.05, 0.1) is 26.3 Å². The van der Waals surface area contributed by atoms with Crippen molar-refractivity contribution in [1.82, 2.24) is 0 Å². The van der Waals surface area contributed by atoms with Gasteiger partial charge in [0.2, 0.25) is 11.5 Å². The van der Waals surface area contributed by atoms with Crippen molar-refractivity contribution in [2.75, 3.05) is 21.3 Å². The first kappa shape index (κ1) is 16.4. The third-order valence-electron chi connectivity index (χ3n) is 3.21. The summed E-state index contributed by atoms with van der Waals surface area (Å²) >= 11 is 0. The number of hydrogen-bond donors (Lipinski definition) is 0. The Labute approximate surface area is 133 Å². The van der Waals surface area contributed by atoms with E-state index in [2.05, 4.69) is 0 Å². The first-order valence-electron chi connectivity index (χ1n) is 6.75. The molecule has 0 aromatic heterocycles. The first-order chi connectivity index (χ1) is 11.1. The van der Waals surface area contributed by atoms with E-state index in [-0.39, 0.29) is 23.8 Å². The molecule has 7 heteroatoms. The van der Waals surface area contributed by atoms with Crippen LogP contribution in [0.3, 0.4) is 0 Å². The second-order valence-corrected chi connectivity index (χ2v) is 4.54. The molecule has 0 saturated heterocycles. The summed E-state index contributed by atoms with van der Waals surface area (Å²) in [4.78, 5) is 10.7. The third-order valence-corrected chi connectivity index (χ3v) is 3.21. The molecule has 2 rings (SSSR count). The summed E-state index contributed by atoms with van der Waals surface area (Å²) in [6, 6.07) is 9.98. The zero-order chi connectivity index (χ0) is 16.8. The van der Waals surface area contributed by atoms with E-state index >= 15 is 0 Å². The number of nitrogens with zero attached hydrogens (tertiary/aromatic N) is 1. The maximum absolute atomic E-state index is 11.2. The Hall–Kier alpha value is -2.96. The molecule has 0 aliphatic rings. The van der Waals surface area contributed by atoms with Crippen LogP contribution in [0.5, 0.6) is 23.0 Å². The largest absolute Gasteiger partial charge is 0.493 e. The standard InChI is InChI=1S/C16H17NO6/c1-20-12-8-7-11(9-15(12)22-3)10-23-14-6-4-5-13(21-2)16(14)17(18)19/h4-9H,10H2,1-3H3. The van der Waals surface area contributed by atoms with Crippen LogP contribution >= 0.6 is 0 Å². The van der Waals surface area contributed by atoms with E-state index in [1.54, 1.807) is 31.4 Å². The quantitative estimate of drug-likeness (QED) is 0.576. The fraction of sp³-hybridized carbons (Fsp3) is 0.250. The van der Waals surface area contributed by atoms with E-state index in [1.165, 1.54) is 26.4 Å². The highest BCUT2D eigenvalue weighted by Gasteiger charge is 2.21. The smallest absolute Gasteiger partial charge is 0.352 e. The number of benzene rings is 2. The Morgan fingerprint density at radius 1 is 0.913 bits per heavy atom. The zero-order valence-corrected chi connectivity index (χ0v) is 13.1. The van der Waals surface area contributed by atoms with Crippen molar-refractivity contribution in [2.45, 2.75) is 6.61 Å². The summed E-state index contributed by atoms with van der Waals surface area (Å²) in [5, 5.41) is 11.2. The highest BCUT2D eigenvalue weighted by molar-refractivity contribution is 5.57. The van der Waals surface area contributed by atoms with Crippen molar-refractivity contribution in [3.63, 3.8) is 0 Å².